The van der Waals surface area contributed by atoms with Crippen molar-refractivity contribution in [3.63, 3.8) is 0 Å². The number of ether oxygens (including phenoxy) is 1. The minimum absolute atomic E-state index is 0.428. The van der Waals surface area contributed by atoms with Crippen molar-refractivity contribution in [3.05, 3.63) is 12.6 Å². The summed E-state index contributed by atoms with van der Waals surface area (Å²) in [5.41, 5.74) is 0. The van der Waals surface area contributed by atoms with Crippen molar-refractivity contribution in [1.29, 1.82) is 0 Å². The second-order valence-corrected chi connectivity index (χ2v) is 1.27. The first kappa shape index (κ1) is 7.33. The van der Waals surface area contributed by atoms with Crippen molar-refractivity contribution in [2.45, 2.75) is 13.0 Å². The molecule has 0 bridgehead atoms. The summed E-state index contributed by atoms with van der Waals surface area (Å²) in [5, 5.41) is 0. The lowest BCUT2D eigenvalue weighted by Gasteiger charge is -2.08. The van der Waals surface area contributed by atoms with Crippen LogP contribution < -0.4 is 0 Å². The summed E-state index contributed by atoms with van der Waals surface area (Å²) in [5.74, 6) is 0. The van der Waals surface area contributed by atoms with Gasteiger partial charge in [0.05, 0.1) is 0 Å². The highest BCUT2D eigenvalue weighted by atomic mass is 19.3. The van der Waals surface area contributed by atoms with Gasteiger partial charge in [-0.2, -0.15) is 13.2 Å². The second kappa shape index (κ2) is 2.07. The number of hydrogen-bond acceptors (Lipinski definition) is 1. The number of halogens is 3. The first-order valence-electron chi connectivity index (χ1n) is 1.83. The maximum Gasteiger partial charge on any atom is 0.396 e. The van der Waals surface area contributed by atoms with Crippen molar-refractivity contribution < 1.29 is 17.9 Å². The van der Waals surface area contributed by atoms with Crippen LogP contribution in [-0.4, -0.2) is 6.11 Å². The summed E-state index contributed by atoms with van der Waals surface area (Å²) in [6.07, 6.45) is -3.45. The Kier molecular flexibility index (Phi) is 1.89. The average molecular weight is 126 g/mol. The van der Waals surface area contributed by atoms with E-state index in [1.165, 1.54) is 0 Å². The molecule has 0 aromatic rings. The Morgan fingerprint density at radius 2 is 2.00 bits per heavy atom. The van der Waals surface area contributed by atoms with E-state index in [0.29, 0.717) is 6.92 Å². The van der Waals surface area contributed by atoms with Crippen LogP contribution in [0.2, 0.25) is 0 Å². The van der Waals surface area contributed by atoms with Crippen LogP contribution in [0.15, 0.2) is 12.6 Å². The van der Waals surface area contributed by atoms with Gasteiger partial charge in [-0.05, 0) is 6.58 Å². The lowest BCUT2D eigenvalue weighted by molar-refractivity contribution is -0.210. The third kappa shape index (κ3) is 5.33. The molecule has 0 aromatic heterocycles. The van der Waals surface area contributed by atoms with Gasteiger partial charge >= 0.3 is 6.11 Å². The molecular formula is C4H5F3O. The highest BCUT2D eigenvalue weighted by Crippen LogP contribution is 2.17. The maximum atomic E-state index is 11.4. The molecular weight excluding hydrogens is 121 g/mol. The molecule has 0 aliphatic carbocycles. The highest BCUT2D eigenvalue weighted by molar-refractivity contribution is 4.65. The van der Waals surface area contributed by atoms with Gasteiger partial charge < -0.3 is 4.74 Å². The zero-order valence-corrected chi connectivity index (χ0v) is 4.25. The molecule has 0 N–H and O–H groups in total. The van der Waals surface area contributed by atoms with Crippen molar-refractivity contribution >= 4 is 0 Å². The van der Waals surface area contributed by atoms with Gasteiger partial charge in [-0.25, -0.2) is 0 Å². The average Bonchev–Trinajstić information content (AvgIpc) is 1.21. The van der Waals surface area contributed by atoms with Crippen LogP contribution >= 0.6 is 0 Å². The molecule has 4 heteroatoms. The van der Waals surface area contributed by atoms with Gasteiger partial charge in [0, 0.05) is 6.92 Å². The number of rotatable bonds is 2. The van der Waals surface area contributed by atoms with Crippen molar-refractivity contribution in [2.24, 2.45) is 0 Å². The molecule has 0 unspecified atom stereocenters. The topological polar surface area (TPSA) is 9.23 Å². The minimum Gasteiger partial charge on any atom is -0.407 e. The summed E-state index contributed by atoms with van der Waals surface area (Å²) in [6.45, 7) is 2.90. The normalized spacial score (nSPS) is 11.0. The zero-order valence-electron chi connectivity index (χ0n) is 4.25. The van der Waals surface area contributed by atoms with Crippen LogP contribution in [0.1, 0.15) is 6.92 Å². The molecule has 8 heavy (non-hydrogen) atoms. The summed E-state index contributed by atoms with van der Waals surface area (Å²) < 4.78 is 37.4. The summed E-state index contributed by atoms with van der Waals surface area (Å²) in [6, 6.07) is -1.47. The molecule has 0 amide bonds. The SMILES string of the molecule is C=C(F)OC(C)(F)F. The van der Waals surface area contributed by atoms with Crippen molar-refractivity contribution in [3.8, 4) is 0 Å². The molecule has 0 saturated carbocycles. The lowest BCUT2D eigenvalue weighted by atomic mass is 10.7. The van der Waals surface area contributed by atoms with Gasteiger partial charge in [-0.1, -0.05) is 0 Å². The van der Waals surface area contributed by atoms with E-state index in [4.69, 9.17) is 0 Å². The highest BCUT2D eigenvalue weighted by Gasteiger charge is 2.23. The maximum absolute atomic E-state index is 11.4. The Morgan fingerprint density at radius 3 is 2.00 bits per heavy atom. The van der Waals surface area contributed by atoms with Crippen LogP contribution in [0, 0.1) is 0 Å². The van der Waals surface area contributed by atoms with E-state index >= 15 is 0 Å². The van der Waals surface area contributed by atoms with Gasteiger partial charge in [0.2, 0.25) is 0 Å². The van der Waals surface area contributed by atoms with Gasteiger partial charge in [0.15, 0.2) is 0 Å². The smallest absolute Gasteiger partial charge is 0.396 e. The third-order valence-corrected chi connectivity index (χ3v) is 0.290. The van der Waals surface area contributed by atoms with Gasteiger partial charge in [0.25, 0.3) is 6.01 Å². The Labute approximate surface area is 44.8 Å². The van der Waals surface area contributed by atoms with Crippen LogP contribution in [-0.2, 0) is 4.74 Å². The fourth-order valence-corrected chi connectivity index (χ4v) is 0.194. The number of hydrogen-bond donors (Lipinski definition) is 0. The van der Waals surface area contributed by atoms with Crippen molar-refractivity contribution in [1.82, 2.24) is 0 Å². The fraction of sp³-hybridized carbons (Fsp3) is 0.500. The number of alkyl halides is 2. The first-order valence-corrected chi connectivity index (χ1v) is 1.83. The molecule has 0 aliphatic heterocycles. The van der Waals surface area contributed by atoms with E-state index in [-0.39, 0.29) is 0 Å². The molecule has 0 atom stereocenters. The Balaban J connectivity index is 3.55. The Morgan fingerprint density at radius 1 is 1.62 bits per heavy atom. The molecule has 0 aliphatic rings. The molecule has 48 valence electrons. The molecule has 0 spiro atoms. The summed E-state index contributed by atoms with van der Waals surface area (Å²) >= 11 is 0. The predicted octanol–water partition coefficient (Wildman–Crippen LogP) is 2.06. The van der Waals surface area contributed by atoms with E-state index in [2.05, 4.69) is 11.3 Å². The first-order chi connectivity index (χ1) is 3.42. The van der Waals surface area contributed by atoms with Crippen molar-refractivity contribution in [2.75, 3.05) is 0 Å². The molecule has 0 heterocycles. The van der Waals surface area contributed by atoms with Gasteiger partial charge in [-0.3, -0.25) is 0 Å². The van der Waals surface area contributed by atoms with Crippen LogP contribution in [0.4, 0.5) is 13.2 Å². The van der Waals surface area contributed by atoms with Gasteiger partial charge in [0.1, 0.15) is 0 Å². The molecule has 0 saturated heterocycles. The van der Waals surface area contributed by atoms with Crippen LogP contribution in [0.5, 0.6) is 0 Å². The lowest BCUT2D eigenvalue weighted by Crippen LogP contribution is -2.12. The molecule has 0 radical (unpaired) electrons. The van der Waals surface area contributed by atoms with Gasteiger partial charge in [-0.15, -0.1) is 0 Å². The molecule has 1 nitrogen and oxygen atoms in total. The second-order valence-electron chi connectivity index (χ2n) is 1.27. The van der Waals surface area contributed by atoms with E-state index in [1.54, 1.807) is 0 Å². The molecule has 0 rings (SSSR count). The van der Waals surface area contributed by atoms with Crippen LogP contribution in [0.25, 0.3) is 0 Å². The largest absolute Gasteiger partial charge is 0.407 e. The predicted molar refractivity (Wildman–Crippen MR) is 22.0 cm³/mol. The quantitative estimate of drug-likeness (QED) is 0.514. The molecule has 0 fully saturated rings. The fourth-order valence-electron chi connectivity index (χ4n) is 0.194. The Hall–Kier alpha value is -0.670. The minimum atomic E-state index is -3.45. The molecule has 0 aromatic carbocycles. The van der Waals surface area contributed by atoms with E-state index in [0.717, 1.165) is 0 Å². The third-order valence-electron chi connectivity index (χ3n) is 0.290. The standard InChI is InChI=1S/C4H5F3O/c1-3(5)8-4(2,6)7/h1H2,2H3. The van der Waals surface area contributed by atoms with Crippen LogP contribution in [0.3, 0.4) is 0 Å². The van der Waals surface area contributed by atoms with E-state index in [9.17, 15) is 13.2 Å². The summed E-state index contributed by atoms with van der Waals surface area (Å²) in [4.78, 5) is 0. The zero-order chi connectivity index (χ0) is 6.78. The van der Waals surface area contributed by atoms with E-state index in [1.807, 2.05) is 0 Å². The van der Waals surface area contributed by atoms with E-state index < -0.39 is 12.1 Å². The summed E-state index contributed by atoms with van der Waals surface area (Å²) in [7, 11) is 0. The Bertz CT molecular complexity index is 93.9. The monoisotopic (exact) mass is 126 g/mol.